The van der Waals surface area contributed by atoms with Gasteiger partial charge in [0, 0.05) is 12.2 Å². The van der Waals surface area contributed by atoms with E-state index in [1.54, 1.807) is 5.56 Å². The van der Waals surface area contributed by atoms with E-state index in [2.05, 4.69) is 23.5 Å². The van der Waals surface area contributed by atoms with Gasteiger partial charge in [-0.25, -0.2) is 0 Å². The number of fused-ring (bicyclic) bond motifs is 1. The van der Waals surface area contributed by atoms with Crippen molar-refractivity contribution in [3.63, 3.8) is 0 Å². The van der Waals surface area contributed by atoms with E-state index >= 15 is 0 Å². The van der Waals surface area contributed by atoms with E-state index < -0.39 is 0 Å². The fourth-order valence-corrected chi connectivity index (χ4v) is 2.76. The lowest BCUT2D eigenvalue weighted by atomic mass is 9.80. The van der Waals surface area contributed by atoms with Crippen LogP contribution in [0.3, 0.4) is 0 Å². The maximum atomic E-state index is 3.58. The van der Waals surface area contributed by atoms with E-state index in [0.717, 1.165) is 12.5 Å². The number of anilines is 1. The Hall–Kier alpha value is -0.980. The summed E-state index contributed by atoms with van der Waals surface area (Å²) in [5.41, 5.74) is 4.57. The van der Waals surface area contributed by atoms with Crippen molar-refractivity contribution in [2.45, 2.75) is 38.5 Å². The number of para-hydroxylation sites is 1. The molecule has 0 unspecified atom stereocenters. The molecule has 1 N–H and O–H groups in total. The van der Waals surface area contributed by atoms with Crippen LogP contribution >= 0.6 is 0 Å². The highest BCUT2D eigenvalue weighted by atomic mass is 14.9. The van der Waals surface area contributed by atoms with Gasteiger partial charge in [-0.1, -0.05) is 37.5 Å². The average Bonchev–Trinajstić information content (AvgIpc) is 2.23. The quantitative estimate of drug-likeness (QED) is 0.773. The minimum absolute atomic E-state index is 0.972. The van der Waals surface area contributed by atoms with Crippen LogP contribution in [0.15, 0.2) is 18.2 Å². The van der Waals surface area contributed by atoms with Crippen molar-refractivity contribution < 1.29 is 0 Å². The molecule has 1 aromatic rings. The highest BCUT2D eigenvalue weighted by Gasteiger charge is 2.20. The molecule has 1 aliphatic heterocycles. The van der Waals surface area contributed by atoms with Gasteiger partial charge in [-0.05, 0) is 36.3 Å². The van der Waals surface area contributed by atoms with Gasteiger partial charge in [-0.3, -0.25) is 0 Å². The van der Waals surface area contributed by atoms with E-state index in [-0.39, 0.29) is 0 Å². The maximum absolute atomic E-state index is 3.58. The normalized spacial score (nSPS) is 20.3. The number of benzene rings is 1. The van der Waals surface area contributed by atoms with Crippen LogP contribution in [0.4, 0.5) is 5.69 Å². The monoisotopic (exact) mass is 201 g/mol. The van der Waals surface area contributed by atoms with Crippen molar-refractivity contribution in [3.05, 3.63) is 29.3 Å². The van der Waals surface area contributed by atoms with E-state index in [1.165, 1.54) is 49.8 Å². The third-order valence-corrected chi connectivity index (χ3v) is 3.90. The van der Waals surface area contributed by atoms with Gasteiger partial charge < -0.3 is 5.32 Å². The number of aryl methyl sites for hydroxylation is 1. The van der Waals surface area contributed by atoms with Gasteiger partial charge in [0.15, 0.2) is 0 Å². The third-order valence-electron chi connectivity index (χ3n) is 3.90. The summed E-state index contributed by atoms with van der Waals surface area (Å²) in [5.74, 6) is 0.972. The zero-order valence-electron chi connectivity index (χ0n) is 9.26. The standard InChI is InChI=1S/C14H19N/c1-4-11(5-1)10-13-7-2-6-12-8-3-9-15-14(12)13/h2,6-7,11,15H,1,3-5,8-10H2. The second kappa shape index (κ2) is 3.88. The maximum Gasteiger partial charge on any atom is 0.0405 e. The van der Waals surface area contributed by atoms with E-state index in [1.807, 2.05) is 0 Å². The summed E-state index contributed by atoms with van der Waals surface area (Å²) in [6.45, 7) is 1.16. The minimum Gasteiger partial charge on any atom is -0.385 e. The zero-order valence-corrected chi connectivity index (χ0v) is 9.26. The van der Waals surface area contributed by atoms with Crippen LogP contribution in [-0.4, -0.2) is 6.54 Å². The van der Waals surface area contributed by atoms with Gasteiger partial charge in [0.05, 0.1) is 0 Å². The Kier molecular flexibility index (Phi) is 2.40. The first-order valence-electron chi connectivity index (χ1n) is 6.28. The summed E-state index contributed by atoms with van der Waals surface area (Å²) in [5, 5.41) is 3.58. The average molecular weight is 201 g/mol. The molecule has 3 rings (SSSR count). The van der Waals surface area contributed by atoms with Crippen LogP contribution in [0, 0.1) is 5.92 Å². The molecule has 80 valence electrons. The molecule has 0 atom stereocenters. The lowest BCUT2D eigenvalue weighted by Gasteiger charge is -2.28. The van der Waals surface area contributed by atoms with Gasteiger partial charge in [0.2, 0.25) is 0 Å². The van der Waals surface area contributed by atoms with Crippen LogP contribution in [-0.2, 0) is 12.8 Å². The Morgan fingerprint density at radius 1 is 1.20 bits per heavy atom. The van der Waals surface area contributed by atoms with Crippen LogP contribution in [0.25, 0.3) is 0 Å². The first kappa shape index (κ1) is 9.26. The summed E-state index contributed by atoms with van der Waals surface area (Å²) < 4.78 is 0. The third kappa shape index (κ3) is 1.75. The summed E-state index contributed by atoms with van der Waals surface area (Å²) in [7, 11) is 0. The van der Waals surface area contributed by atoms with Crippen LogP contribution < -0.4 is 5.32 Å². The largest absolute Gasteiger partial charge is 0.385 e. The molecule has 2 aliphatic rings. The Bertz CT molecular complexity index is 352. The molecule has 1 fully saturated rings. The molecule has 1 heteroatoms. The summed E-state index contributed by atoms with van der Waals surface area (Å²) in [6, 6.07) is 6.83. The van der Waals surface area contributed by atoms with Gasteiger partial charge >= 0.3 is 0 Å². The molecule has 0 spiro atoms. The van der Waals surface area contributed by atoms with Gasteiger partial charge in [-0.15, -0.1) is 0 Å². The van der Waals surface area contributed by atoms with Crippen molar-refractivity contribution in [2.75, 3.05) is 11.9 Å². The highest BCUT2D eigenvalue weighted by molar-refractivity contribution is 5.59. The highest BCUT2D eigenvalue weighted by Crippen LogP contribution is 2.34. The smallest absolute Gasteiger partial charge is 0.0405 e. The van der Waals surface area contributed by atoms with Crippen molar-refractivity contribution in [1.29, 1.82) is 0 Å². The number of hydrogen-bond donors (Lipinski definition) is 1. The summed E-state index contributed by atoms with van der Waals surface area (Å²) in [4.78, 5) is 0. The fraction of sp³-hybridized carbons (Fsp3) is 0.571. The Morgan fingerprint density at radius 2 is 2.13 bits per heavy atom. The second-order valence-corrected chi connectivity index (χ2v) is 4.98. The van der Waals surface area contributed by atoms with E-state index in [4.69, 9.17) is 0 Å². The lowest BCUT2D eigenvalue weighted by molar-refractivity contribution is 0.314. The Labute approximate surface area is 91.9 Å². The fourth-order valence-electron chi connectivity index (χ4n) is 2.76. The second-order valence-electron chi connectivity index (χ2n) is 4.98. The summed E-state index contributed by atoms with van der Waals surface area (Å²) >= 11 is 0. The van der Waals surface area contributed by atoms with Crippen molar-refractivity contribution in [3.8, 4) is 0 Å². The molecule has 1 heterocycles. The molecule has 1 nitrogen and oxygen atoms in total. The zero-order chi connectivity index (χ0) is 10.1. The summed E-state index contributed by atoms with van der Waals surface area (Å²) in [6.07, 6.45) is 8.21. The van der Waals surface area contributed by atoms with Crippen LogP contribution in [0.2, 0.25) is 0 Å². The topological polar surface area (TPSA) is 12.0 Å². The van der Waals surface area contributed by atoms with Crippen LogP contribution in [0.5, 0.6) is 0 Å². The SMILES string of the molecule is c1cc2c(c(CC3CCC3)c1)NCCC2. The molecule has 15 heavy (non-hydrogen) atoms. The lowest BCUT2D eigenvalue weighted by Crippen LogP contribution is -2.18. The molecule has 1 aromatic carbocycles. The predicted molar refractivity (Wildman–Crippen MR) is 64.3 cm³/mol. The predicted octanol–water partition coefficient (Wildman–Crippen LogP) is 3.39. The molecule has 0 bridgehead atoms. The molecular formula is C14H19N. The van der Waals surface area contributed by atoms with Gasteiger partial charge in [-0.2, -0.15) is 0 Å². The number of rotatable bonds is 2. The first-order valence-corrected chi connectivity index (χ1v) is 6.28. The van der Waals surface area contributed by atoms with Crippen LogP contribution in [0.1, 0.15) is 36.8 Å². The van der Waals surface area contributed by atoms with Gasteiger partial charge in [0.25, 0.3) is 0 Å². The Morgan fingerprint density at radius 3 is 2.93 bits per heavy atom. The first-order chi connectivity index (χ1) is 7.43. The molecule has 0 radical (unpaired) electrons. The molecule has 1 saturated carbocycles. The molecule has 0 aromatic heterocycles. The van der Waals surface area contributed by atoms with E-state index in [0.29, 0.717) is 0 Å². The Balaban J connectivity index is 1.85. The van der Waals surface area contributed by atoms with Crippen molar-refractivity contribution in [2.24, 2.45) is 5.92 Å². The molecule has 0 saturated heterocycles. The minimum atomic E-state index is 0.972. The molecule has 1 aliphatic carbocycles. The van der Waals surface area contributed by atoms with E-state index in [9.17, 15) is 0 Å². The van der Waals surface area contributed by atoms with Crippen molar-refractivity contribution >= 4 is 5.69 Å². The number of nitrogens with one attached hydrogen (secondary N) is 1. The molecular weight excluding hydrogens is 182 g/mol. The van der Waals surface area contributed by atoms with Gasteiger partial charge in [0.1, 0.15) is 0 Å². The number of hydrogen-bond acceptors (Lipinski definition) is 1. The van der Waals surface area contributed by atoms with Crippen molar-refractivity contribution in [1.82, 2.24) is 0 Å². The molecule has 0 amide bonds.